The summed E-state index contributed by atoms with van der Waals surface area (Å²) in [5.74, 6) is 5.32. The van der Waals surface area contributed by atoms with Crippen LogP contribution < -0.4 is 11.3 Å². The first-order chi connectivity index (χ1) is 5.38. The summed E-state index contributed by atoms with van der Waals surface area (Å²) >= 11 is 1.57. The third kappa shape index (κ3) is 2.11. The topological polar surface area (TPSA) is 50.9 Å². The molecule has 0 aliphatic carbocycles. The minimum atomic E-state index is 0.110. The van der Waals surface area contributed by atoms with Gasteiger partial charge in [-0.1, -0.05) is 6.08 Å². The molecule has 1 heterocycles. The third-order valence-electron chi connectivity index (χ3n) is 1.41. The Morgan fingerprint density at radius 2 is 2.73 bits per heavy atom. The van der Waals surface area contributed by atoms with Crippen molar-refractivity contribution >= 4 is 11.3 Å². The fourth-order valence-corrected chi connectivity index (χ4v) is 1.44. The number of aromatic nitrogens is 1. The fraction of sp³-hybridized carbons (Fsp3) is 0.286. The van der Waals surface area contributed by atoms with Crippen molar-refractivity contribution in [1.29, 1.82) is 0 Å². The lowest BCUT2D eigenvalue weighted by Gasteiger charge is -2.09. The second-order valence-electron chi connectivity index (χ2n) is 2.16. The van der Waals surface area contributed by atoms with Gasteiger partial charge in [0.05, 0.1) is 17.2 Å². The molecular weight excluding hydrogens is 158 g/mol. The molecule has 0 saturated carbocycles. The SMILES string of the molecule is C=CCC(NN)c1cscn1. The standard InChI is InChI=1S/C7H11N3S/c1-2-3-6(10-8)7-4-11-5-9-7/h2,4-6,10H,1,3,8H2. The van der Waals surface area contributed by atoms with Crippen LogP contribution in [0.2, 0.25) is 0 Å². The van der Waals surface area contributed by atoms with E-state index in [0.29, 0.717) is 0 Å². The zero-order valence-corrected chi connectivity index (χ0v) is 6.97. The monoisotopic (exact) mass is 169 g/mol. The molecule has 0 aliphatic heterocycles. The van der Waals surface area contributed by atoms with Crippen LogP contribution in [0.15, 0.2) is 23.5 Å². The van der Waals surface area contributed by atoms with Crippen molar-refractivity contribution in [3.63, 3.8) is 0 Å². The Morgan fingerprint density at radius 1 is 1.91 bits per heavy atom. The van der Waals surface area contributed by atoms with Gasteiger partial charge in [0.25, 0.3) is 0 Å². The number of hydrogen-bond acceptors (Lipinski definition) is 4. The number of thiazole rings is 1. The number of hydrogen-bond donors (Lipinski definition) is 2. The number of nitrogens with zero attached hydrogens (tertiary/aromatic N) is 1. The van der Waals surface area contributed by atoms with Crippen molar-refractivity contribution in [2.24, 2.45) is 5.84 Å². The van der Waals surface area contributed by atoms with E-state index in [2.05, 4.69) is 17.0 Å². The van der Waals surface area contributed by atoms with E-state index in [4.69, 9.17) is 5.84 Å². The molecule has 1 aromatic rings. The zero-order chi connectivity index (χ0) is 8.10. The quantitative estimate of drug-likeness (QED) is 0.405. The first-order valence-electron chi connectivity index (χ1n) is 3.33. The predicted molar refractivity (Wildman–Crippen MR) is 47.0 cm³/mol. The van der Waals surface area contributed by atoms with E-state index in [9.17, 15) is 0 Å². The van der Waals surface area contributed by atoms with Gasteiger partial charge in [-0.3, -0.25) is 11.3 Å². The second kappa shape index (κ2) is 4.23. The highest BCUT2D eigenvalue weighted by molar-refractivity contribution is 7.07. The summed E-state index contributed by atoms with van der Waals surface area (Å²) in [7, 11) is 0. The highest BCUT2D eigenvalue weighted by Crippen LogP contribution is 2.15. The molecule has 0 bridgehead atoms. The van der Waals surface area contributed by atoms with Crippen LogP contribution in [0.1, 0.15) is 18.2 Å². The molecule has 60 valence electrons. The van der Waals surface area contributed by atoms with Crippen LogP contribution in [0, 0.1) is 0 Å². The van der Waals surface area contributed by atoms with E-state index in [1.165, 1.54) is 0 Å². The van der Waals surface area contributed by atoms with Gasteiger partial charge in [0.1, 0.15) is 0 Å². The molecular formula is C7H11N3S. The minimum Gasteiger partial charge on any atom is -0.271 e. The van der Waals surface area contributed by atoms with Gasteiger partial charge < -0.3 is 0 Å². The highest BCUT2D eigenvalue weighted by atomic mass is 32.1. The first kappa shape index (κ1) is 8.39. The van der Waals surface area contributed by atoms with Crippen molar-refractivity contribution < 1.29 is 0 Å². The lowest BCUT2D eigenvalue weighted by Crippen LogP contribution is -2.27. The van der Waals surface area contributed by atoms with E-state index >= 15 is 0 Å². The summed E-state index contributed by atoms with van der Waals surface area (Å²) in [6.07, 6.45) is 2.63. The Hall–Kier alpha value is -0.710. The molecule has 0 aromatic carbocycles. The molecule has 0 fully saturated rings. The molecule has 11 heavy (non-hydrogen) atoms. The molecule has 0 amide bonds. The Kier molecular flexibility index (Phi) is 3.22. The summed E-state index contributed by atoms with van der Waals surface area (Å²) in [4.78, 5) is 4.13. The summed E-state index contributed by atoms with van der Waals surface area (Å²) in [6.45, 7) is 3.64. The van der Waals surface area contributed by atoms with E-state index in [1.54, 1.807) is 16.8 Å². The molecule has 4 heteroatoms. The molecule has 1 aromatic heterocycles. The number of nitrogens with one attached hydrogen (secondary N) is 1. The van der Waals surface area contributed by atoms with Crippen LogP contribution in [0.4, 0.5) is 0 Å². The summed E-state index contributed by atoms with van der Waals surface area (Å²) in [5, 5.41) is 1.98. The van der Waals surface area contributed by atoms with Gasteiger partial charge in [-0.15, -0.1) is 17.9 Å². The summed E-state index contributed by atoms with van der Waals surface area (Å²) in [5.41, 5.74) is 5.46. The van der Waals surface area contributed by atoms with Crippen molar-refractivity contribution in [1.82, 2.24) is 10.4 Å². The molecule has 3 N–H and O–H groups in total. The Bertz CT molecular complexity index is 207. The maximum Gasteiger partial charge on any atom is 0.0795 e. The Labute approximate surface area is 69.9 Å². The number of hydrazine groups is 1. The number of rotatable bonds is 4. The molecule has 0 radical (unpaired) electrons. The van der Waals surface area contributed by atoms with Crippen LogP contribution in [-0.4, -0.2) is 4.98 Å². The summed E-state index contributed by atoms with van der Waals surface area (Å²) in [6, 6.07) is 0.110. The van der Waals surface area contributed by atoms with Gasteiger partial charge in [-0.2, -0.15) is 0 Å². The van der Waals surface area contributed by atoms with Crippen LogP contribution in [-0.2, 0) is 0 Å². The lowest BCUT2D eigenvalue weighted by molar-refractivity contribution is 0.550. The van der Waals surface area contributed by atoms with E-state index in [1.807, 2.05) is 11.5 Å². The van der Waals surface area contributed by atoms with E-state index in [-0.39, 0.29) is 6.04 Å². The van der Waals surface area contributed by atoms with Gasteiger partial charge in [0, 0.05) is 5.38 Å². The zero-order valence-electron chi connectivity index (χ0n) is 6.16. The highest BCUT2D eigenvalue weighted by Gasteiger charge is 2.08. The van der Waals surface area contributed by atoms with Crippen molar-refractivity contribution in [2.75, 3.05) is 0 Å². The average molecular weight is 169 g/mol. The second-order valence-corrected chi connectivity index (χ2v) is 2.88. The first-order valence-corrected chi connectivity index (χ1v) is 4.28. The van der Waals surface area contributed by atoms with Crippen molar-refractivity contribution in [3.05, 3.63) is 29.2 Å². The van der Waals surface area contributed by atoms with E-state index in [0.717, 1.165) is 12.1 Å². The number of nitrogens with two attached hydrogens (primary N) is 1. The van der Waals surface area contributed by atoms with Crippen molar-refractivity contribution in [2.45, 2.75) is 12.5 Å². The normalized spacial score (nSPS) is 12.8. The van der Waals surface area contributed by atoms with Gasteiger partial charge in [-0.25, -0.2) is 4.98 Å². The van der Waals surface area contributed by atoms with Gasteiger partial charge in [-0.05, 0) is 6.42 Å². The van der Waals surface area contributed by atoms with Crippen molar-refractivity contribution in [3.8, 4) is 0 Å². The molecule has 1 atom stereocenters. The average Bonchev–Trinajstić information content (AvgIpc) is 2.52. The molecule has 3 nitrogen and oxygen atoms in total. The van der Waals surface area contributed by atoms with Crippen LogP contribution in [0.25, 0.3) is 0 Å². The molecule has 0 spiro atoms. The molecule has 0 aliphatic rings. The van der Waals surface area contributed by atoms with Crippen LogP contribution in [0.3, 0.4) is 0 Å². The lowest BCUT2D eigenvalue weighted by atomic mass is 10.2. The fourth-order valence-electron chi connectivity index (χ4n) is 0.835. The van der Waals surface area contributed by atoms with Gasteiger partial charge >= 0.3 is 0 Å². The predicted octanol–water partition coefficient (Wildman–Crippen LogP) is 1.22. The third-order valence-corrected chi connectivity index (χ3v) is 2.02. The molecule has 1 rings (SSSR count). The smallest absolute Gasteiger partial charge is 0.0795 e. The minimum absolute atomic E-state index is 0.110. The summed E-state index contributed by atoms with van der Waals surface area (Å²) < 4.78 is 0. The van der Waals surface area contributed by atoms with Crippen LogP contribution in [0.5, 0.6) is 0 Å². The Morgan fingerprint density at radius 3 is 3.18 bits per heavy atom. The maximum absolute atomic E-state index is 5.32. The Balaban J connectivity index is 2.62. The van der Waals surface area contributed by atoms with E-state index < -0.39 is 0 Å². The van der Waals surface area contributed by atoms with Crippen LogP contribution >= 0.6 is 11.3 Å². The largest absolute Gasteiger partial charge is 0.271 e. The van der Waals surface area contributed by atoms with Gasteiger partial charge in [0.2, 0.25) is 0 Å². The van der Waals surface area contributed by atoms with Gasteiger partial charge in [0.15, 0.2) is 0 Å². The maximum atomic E-state index is 5.32. The molecule has 0 saturated heterocycles. The molecule has 1 unspecified atom stereocenters.